The highest BCUT2D eigenvalue weighted by atomic mass is 16.3. The summed E-state index contributed by atoms with van der Waals surface area (Å²) < 4.78 is 0. The Labute approximate surface area is 72.4 Å². The van der Waals surface area contributed by atoms with Crippen LogP contribution in [0.5, 0.6) is 0 Å². The molecule has 0 saturated heterocycles. The Kier molecular flexibility index (Phi) is 1.86. The van der Waals surface area contributed by atoms with Crippen LogP contribution in [0, 0.1) is 11.8 Å². The first-order valence-corrected chi connectivity index (χ1v) is 4.28. The van der Waals surface area contributed by atoms with Gasteiger partial charge in [-0.1, -0.05) is 30.4 Å². The molecule has 2 aliphatic rings. The van der Waals surface area contributed by atoms with E-state index >= 15 is 0 Å². The van der Waals surface area contributed by atoms with Gasteiger partial charge in [-0.15, -0.1) is 0 Å². The molecular weight excluding hydrogens is 148 g/mol. The number of allylic oxidation sites excluding steroid dienone is 7. The van der Waals surface area contributed by atoms with E-state index in [-0.39, 0.29) is 0 Å². The average molecular weight is 160 g/mol. The smallest absolute Gasteiger partial charge is 0.111 e. The van der Waals surface area contributed by atoms with Gasteiger partial charge in [-0.25, -0.2) is 0 Å². The van der Waals surface area contributed by atoms with Crippen LogP contribution in [0.4, 0.5) is 0 Å². The maximum Gasteiger partial charge on any atom is 0.111 e. The topological polar surface area (TPSA) is 20.2 Å². The summed E-state index contributed by atoms with van der Waals surface area (Å²) in [6.07, 6.45) is 15.2. The van der Waals surface area contributed by atoms with Gasteiger partial charge in [0.25, 0.3) is 0 Å². The first-order valence-electron chi connectivity index (χ1n) is 4.28. The Morgan fingerprint density at radius 2 is 1.83 bits per heavy atom. The molecule has 0 aromatic heterocycles. The van der Waals surface area contributed by atoms with Crippen molar-refractivity contribution in [3.05, 3.63) is 48.3 Å². The molecule has 1 nitrogen and oxygen atoms in total. The highest BCUT2D eigenvalue weighted by molar-refractivity contribution is 5.25. The predicted octanol–water partition coefficient (Wildman–Crippen LogP) is 2.75. The van der Waals surface area contributed by atoms with E-state index in [9.17, 15) is 5.11 Å². The van der Waals surface area contributed by atoms with Gasteiger partial charge in [-0.05, 0) is 30.4 Å². The zero-order valence-electron chi connectivity index (χ0n) is 6.85. The lowest BCUT2D eigenvalue weighted by atomic mass is 9.97. The molecule has 0 radical (unpaired) electrons. The van der Waals surface area contributed by atoms with Crippen LogP contribution in [-0.2, 0) is 0 Å². The fraction of sp³-hybridized carbons (Fsp3) is 0.273. The first kappa shape index (κ1) is 7.41. The number of fused-ring (bicyclic) bond motifs is 2. The normalized spacial score (nSPS) is 32.5. The van der Waals surface area contributed by atoms with Crippen molar-refractivity contribution < 1.29 is 5.11 Å². The Balaban J connectivity index is 2.31. The second-order valence-electron chi connectivity index (χ2n) is 3.28. The van der Waals surface area contributed by atoms with Gasteiger partial charge in [-0.3, -0.25) is 0 Å². The molecule has 0 spiro atoms. The zero-order chi connectivity index (χ0) is 8.39. The van der Waals surface area contributed by atoms with E-state index in [0.717, 1.165) is 6.42 Å². The summed E-state index contributed by atoms with van der Waals surface area (Å²) >= 11 is 0. The van der Waals surface area contributed by atoms with Crippen molar-refractivity contribution >= 4 is 0 Å². The fourth-order valence-corrected chi connectivity index (χ4v) is 1.65. The van der Waals surface area contributed by atoms with Crippen molar-refractivity contribution in [2.45, 2.75) is 6.42 Å². The second-order valence-corrected chi connectivity index (χ2v) is 3.28. The van der Waals surface area contributed by atoms with Crippen molar-refractivity contribution in [1.82, 2.24) is 0 Å². The number of rotatable bonds is 0. The number of hydrogen-bond acceptors (Lipinski definition) is 1. The summed E-state index contributed by atoms with van der Waals surface area (Å²) in [6, 6.07) is 0. The molecule has 0 amide bonds. The van der Waals surface area contributed by atoms with Gasteiger partial charge in [0.05, 0.1) is 0 Å². The highest BCUT2D eigenvalue weighted by Gasteiger charge is 2.13. The van der Waals surface area contributed by atoms with E-state index < -0.39 is 0 Å². The lowest BCUT2D eigenvalue weighted by Crippen LogP contribution is -1.97. The maximum absolute atomic E-state index is 9.34. The van der Waals surface area contributed by atoms with Crippen LogP contribution in [0.25, 0.3) is 0 Å². The van der Waals surface area contributed by atoms with Crippen molar-refractivity contribution in [2.24, 2.45) is 11.8 Å². The lowest BCUT2D eigenvalue weighted by Gasteiger charge is -2.07. The van der Waals surface area contributed by atoms with Gasteiger partial charge in [0.2, 0.25) is 0 Å². The SMILES string of the molecule is OC1=CC2C=CC=CC(C=C1)C2. The highest BCUT2D eigenvalue weighted by Crippen LogP contribution is 2.24. The Morgan fingerprint density at radius 3 is 2.67 bits per heavy atom. The van der Waals surface area contributed by atoms with Crippen molar-refractivity contribution in [2.75, 3.05) is 0 Å². The van der Waals surface area contributed by atoms with Crippen molar-refractivity contribution in [3.8, 4) is 0 Å². The first-order chi connectivity index (χ1) is 5.84. The molecule has 2 unspecified atom stereocenters. The Bertz CT molecular complexity index is 281. The summed E-state index contributed by atoms with van der Waals surface area (Å²) in [7, 11) is 0. The molecule has 0 aromatic carbocycles. The van der Waals surface area contributed by atoms with E-state index in [1.54, 1.807) is 6.08 Å². The quantitative estimate of drug-likeness (QED) is 0.577. The van der Waals surface area contributed by atoms with Gasteiger partial charge in [0.1, 0.15) is 5.76 Å². The van der Waals surface area contributed by atoms with E-state index in [1.165, 1.54) is 0 Å². The van der Waals surface area contributed by atoms with Crippen LogP contribution >= 0.6 is 0 Å². The van der Waals surface area contributed by atoms with Crippen molar-refractivity contribution in [3.63, 3.8) is 0 Å². The summed E-state index contributed by atoms with van der Waals surface area (Å²) in [6.45, 7) is 0. The molecular formula is C11H12O. The fourth-order valence-electron chi connectivity index (χ4n) is 1.65. The zero-order valence-corrected chi connectivity index (χ0v) is 6.85. The molecule has 0 saturated carbocycles. The number of hydrogen-bond donors (Lipinski definition) is 1. The largest absolute Gasteiger partial charge is 0.508 e. The van der Waals surface area contributed by atoms with Crippen LogP contribution < -0.4 is 0 Å². The van der Waals surface area contributed by atoms with Gasteiger partial charge in [-0.2, -0.15) is 0 Å². The van der Waals surface area contributed by atoms with Crippen molar-refractivity contribution in [1.29, 1.82) is 0 Å². The summed E-state index contributed by atoms with van der Waals surface area (Å²) in [4.78, 5) is 0. The molecule has 1 N–H and O–H groups in total. The molecule has 0 fully saturated rings. The average Bonchev–Trinajstić information content (AvgIpc) is 2.35. The molecule has 2 atom stereocenters. The second kappa shape index (κ2) is 3.02. The minimum atomic E-state index is 0.389. The molecule has 2 bridgehead atoms. The molecule has 12 heavy (non-hydrogen) atoms. The van der Waals surface area contributed by atoms with Crippen LogP contribution in [0.15, 0.2) is 48.3 Å². The van der Waals surface area contributed by atoms with Gasteiger partial charge < -0.3 is 5.11 Å². The molecule has 62 valence electrons. The number of aliphatic hydroxyl groups is 1. The third-order valence-corrected chi connectivity index (χ3v) is 2.27. The monoisotopic (exact) mass is 160 g/mol. The van der Waals surface area contributed by atoms with E-state index in [2.05, 4.69) is 24.3 Å². The summed E-state index contributed by atoms with van der Waals surface area (Å²) in [5.41, 5.74) is 0. The lowest BCUT2D eigenvalue weighted by molar-refractivity contribution is 0.427. The van der Waals surface area contributed by atoms with E-state index in [0.29, 0.717) is 17.6 Å². The molecule has 0 aromatic rings. The maximum atomic E-state index is 9.34. The number of aliphatic hydroxyl groups excluding tert-OH is 1. The van der Waals surface area contributed by atoms with E-state index in [1.807, 2.05) is 12.2 Å². The van der Waals surface area contributed by atoms with Crippen LogP contribution in [0.2, 0.25) is 0 Å². The summed E-state index contributed by atoms with van der Waals surface area (Å²) in [5.74, 6) is 1.26. The molecule has 0 heterocycles. The van der Waals surface area contributed by atoms with E-state index in [4.69, 9.17) is 0 Å². The van der Waals surface area contributed by atoms with Crippen LogP contribution in [-0.4, -0.2) is 5.11 Å². The minimum absolute atomic E-state index is 0.389. The minimum Gasteiger partial charge on any atom is -0.508 e. The third-order valence-electron chi connectivity index (χ3n) is 2.27. The Hall–Kier alpha value is -1.24. The summed E-state index contributed by atoms with van der Waals surface area (Å²) in [5, 5.41) is 9.34. The van der Waals surface area contributed by atoms with Gasteiger partial charge in [0, 0.05) is 0 Å². The van der Waals surface area contributed by atoms with Gasteiger partial charge >= 0.3 is 0 Å². The Morgan fingerprint density at radius 1 is 1.08 bits per heavy atom. The molecule has 2 rings (SSSR count). The molecule has 2 aliphatic carbocycles. The molecule has 0 aliphatic heterocycles. The third kappa shape index (κ3) is 1.50. The van der Waals surface area contributed by atoms with Gasteiger partial charge in [0.15, 0.2) is 0 Å². The van der Waals surface area contributed by atoms with Crippen LogP contribution in [0.1, 0.15) is 6.42 Å². The standard InChI is InChI=1S/C11H12O/c12-11-6-5-9-3-1-2-4-10(7-9)8-11/h1-6,8-10,12H,7H2. The predicted molar refractivity (Wildman–Crippen MR) is 49.7 cm³/mol. The molecule has 1 heteroatoms. The van der Waals surface area contributed by atoms with Crippen LogP contribution in [0.3, 0.4) is 0 Å².